The highest BCUT2D eigenvalue weighted by Crippen LogP contribution is 2.27. The van der Waals surface area contributed by atoms with Crippen molar-refractivity contribution >= 4 is 21.2 Å². The van der Waals surface area contributed by atoms with Crippen molar-refractivity contribution in [3.63, 3.8) is 0 Å². The molecule has 1 aromatic carbocycles. The molecule has 0 spiro atoms. The van der Waals surface area contributed by atoms with Crippen molar-refractivity contribution < 1.29 is 8.42 Å². The summed E-state index contributed by atoms with van der Waals surface area (Å²) in [6.45, 7) is 0. The van der Waals surface area contributed by atoms with Crippen molar-refractivity contribution in [2.24, 2.45) is 0 Å². The molecule has 1 aromatic rings. The second kappa shape index (κ2) is 5.18. The Labute approximate surface area is 108 Å². The molecule has 2 rings (SSSR count). The van der Waals surface area contributed by atoms with Crippen molar-refractivity contribution in [3.05, 3.63) is 18.2 Å². The lowest BCUT2D eigenvalue weighted by molar-refractivity contribution is 0.463. The Balaban J connectivity index is 2.14. The fourth-order valence-electron chi connectivity index (χ4n) is 2.37. The Morgan fingerprint density at radius 2 is 1.89 bits per heavy atom. The first-order valence-electron chi connectivity index (χ1n) is 6.33. The topological polar surface area (TPSA) is 72.2 Å². The number of nitrogens with one attached hydrogen (secondary N) is 1. The molecule has 0 amide bonds. The van der Waals surface area contributed by atoms with Gasteiger partial charge in [-0.3, -0.25) is 0 Å². The van der Waals surface area contributed by atoms with E-state index in [9.17, 15) is 8.42 Å². The number of hydrogen-bond acceptors (Lipinski definition) is 4. The van der Waals surface area contributed by atoms with Gasteiger partial charge in [-0.25, -0.2) is 8.42 Å². The van der Waals surface area contributed by atoms with Gasteiger partial charge in [0.05, 0.1) is 16.3 Å². The van der Waals surface area contributed by atoms with Crippen LogP contribution in [0.15, 0.2) is 23.1 Å². The molecular formula is C13H20N2O2S. The summed E-state index contributed by atoms with van der Waals surface area (Å²) in [5.41, 5.74) is 7.25. The number of rotatable bonds is 3. The molecule has 0 bridgehead atoms. The Morgan fingerprint density at radius 3 is 2.44 bits per heavy atom. The van der Waals surface area contributed by atoms with Crippen molar-refractivity contribution in [2.45, 2.75) is 43.0 Å². The molecule has 18 heavy (non-hydrogen) atoms. The lowest BCUT2D eigenvalue weighted by Crippen LogP contribution is -2.22. The number of nitrogens with two attached hydrogens (primary N) is 1. The number of nitrogen functional groups attached to an aromatic ring is 1. The third-order valence-electron chi connectivity index (χ3n) is 3.42. The first-order chi connectivity index (χ1) is 8.47. The molecule has 0 aromatic heterocycles. The van der Waals surface area contributed by atoms with E-state index >= 15 is 0 Å². The lowest BCUT2D eigenvalue weighted by Gasteiger charge is -2.24. The second-order valence-corrected chi connectivity index (χ2v) is 7.02. The van der Waals surface area contributed by atoms with E-state index < -0.39 is 9.84 Å². The van der Waals surface area contributed by atoms with Crippen molar-refractivity contribution in [2.75, 3.05) is 17.3 Å². The maximum atomic E-state index is 11.4. The molecule has 0 heterocycles. The minimum Gasteiger partial charge on any atom is -0.397 e. The third-order valence-corrected chi connectivity index (χ3v) is 4.53. The average Bonchev–Trinajstić information content (AvgIpc) is 2.32. The summed E-state index contributed by atoms with van der Waals surface area (Å²) in [7, 11) is -3.18. The Bertz CT molecular complexity index is 520. The molecule has 100 valence electrons. The Morgan fingerprint density at radius 1 is 1.22 bits per heavy atom. The highest BCUT2D eigenvalue weighted by molar-refractivity contribution is 7.90. The zero-order valence-electron chi connectivity index (χ0n) is 10.6. The summed E-state index contributed by atoms with van der Waals surface area (Å²) in [5.74, 6) is 0. The summed E-state index contributed by atoms with van der Waals surface area (Å²) in [6, 6.07) is 5.36. The monoisotopic (exact) mass is 268 g/mol. The second-order valence-electron chi connectivity index (χ2n) is 5.00. The normalized spacial score (nSPS) is 17.6. The van der Waals surface area contributed by atoms with Crippen LogP contribution in [-0.4, -0.2) is 20.7 Å². The quantitative estimate of drug-likeness (QED) is 0.826. The van der Waals surface area contributed by atoms with Gasteiger partial charge < -0.3 is 11.1 Å². The van der Waals surface area contributed by atoms with Gasteiger partial charge >= 0.3 is 0 Å². The minimum atomic E-state index is -3.18. The summed E-state index contributed by atoms with van der Waals surface area (Å²) in [4.78, 5) is 0.272. The van der Waals surface area contributed by atoms with Gasteiger partial charge in [0.25, 0.3) is 0 Å². The summed E-state index contributed by atoms with van der Waals surface area (Å²) in [6.07, 6.45) is 7.31. The van der Waals surface area contributed by atoms with Gasteiger partial charge in [-0.2, -0.15) is 0 Å². The fraction of sp³-hybridized carbons (Fsp3) is 0.538. The van der Waals surface area contributed by atoms with Gasteiger partial charge in [0.1, 0.15) is 0 Å². The van der Waals surface area contributed by atoms with Gasteiger partial charge in [0.15, 0.2) is 9.84 Å². The van der Waals surface area contributed by atoms with E-state index in [1.54, 1.807) is 12.1 Å². The van der Waals surface area contributed by atoms with Gasteiger partial charge in [-0.15, -0.1) is 0 Å². The van der Waals surface area contributed by atoms with Crippen LogP contribution in [0.4, 0.5) is 11.4 Å². The Kier molecular flexibility index (Phi) is 3.80. The summed E-state index contributed by atoms with van der Waals surface area (Å²) >= 11 is 0. The largest absolute Gasteiger partial charge is 0.397 e. The smallest absolute Gasteiger partial charge is 0.175 e. The molecule has 4 nitrogen and oxygen atoms in total. The highest BCUT2D eigenvalue weighted by atomic mass is 32.2. The van der Waals surface area contributed by atoms with E-state index in [1.165, 1.54) is 31.6 Å². The van der Waals surface area contributed by atoms with E-state index in [4.69, 9.17) is 5.73 Å². The minimum absolute atomic E-state index is 0.272. The van der Waals surface area contributed by atoms with Gasteiger partial charge in [0.2, 0.25) is 0 Å². The standard InChI is InChI=1S/C13H20N2O2S/c1-18(16,17)11-7-8-13(12(14)9-11)15-10-5-3-2-4-6-10/h7-10,15H,2-6,14H2,1H3. The van der Waals surface area contributed by atoms with Crippen LogP contribution in [-0.2, 0) is 9.84 Å². The van der Waals surface area contributed by atoms with Gasteiger partial charge in [0, 0.05) is 12.3 Å². The first kappa shape index (κ1) is 13.2. The van der Waals surface area contributed by atoms with E-state index in [1.807, 2.05) is 0 Å². The molecule has 0 atom stereocenters. The van der Waals surface area contributed by atoms with Crippen LogP contribution in [0.25, 0.3) is 0 Å². The SMILES string of the molecule is CS(=O)(=O)c1ccc(NC2CCCCC2)c(N)c1. The van der Waals surface area contributed by atoms with Crippen molar-refractivity contribution in [1.82, 2.24) is 0 Å². The molecular weight excluding hydrogens is 248 g/mol. The highest BCUT2D eigenvalue weighted by Gasteiger charge is 2.15. The zero-order chi connectivity index (χ0) is 13.2. The molecule has 0 saturated heterocycles. The van der Waals surface area contributed by atoms with E-state index in [0.29, 0.717) is 11.7 Å². The molecule has 1 saturated carbocycles. The third kappa shape index (κ3) is 3.16. The molecule has 3 N–H and O–H groups in total. The van der Waals surface area contributed by atoms with Crippen LogP contribution in [0.5, 0.6) is 0 Å². The predicted molar refractivity (Wildman–Crippen MR) is 74.5 cm³/mol. The lowest BCUT2D eigenvalue weighted by atomic mass is 9.95. The molecule has 0 radical (unpaired) electrons. The number of sulfone groups is 1. The van der Waals surface area contributed by atoms with Crippen LogP contribution in [0, 0.1) is 0 Å². The van der Waals surface area contributed by atoms with E-state index in [-0.39, 0.29) is 4.90 Å². The number of benzene rings is 1. The zero-order valence-corrected chi connectivity index (χ0v) is 11.5. The van der Waals surface area contributed by atoms with Crippen LogP contribution in [0.2, 0.25) is 0 Å². The average molecular weight is 268 g/mol. The van der Waals surface area contributed by atoms with Gasteiger partial charge in [-0.05, 0) is 31.0 Å². The van der Waals surface area contributed by atoms with Crippen molar-refractivity contribution in [1.29, 1.82) is 0 Å². The van der Waals surface area contributed by atoms with Crippen LogP contribution in [0.1, 0.15) is 32.1 Å². The van der Waals surface area contributed by atoms with E-state index in [2.05, 4.69) is 5.32 Å². The molecule has 0 aliphatic heterocycles. The number of anilines is 2. The predicted octanol–water partition coefficient (Wildman–Crippen LogP) is 2.42. The molecule has 1 aliphatic rings. The summed E-state index contributed by atoms with van der Waals surface area (Å²) < 4.78 is 22.8. The van der Waals surface area contributed by atoms with Gasteiger partial charge in [-0.1, -0.05) is 19.3 Å². The maximum absolute atomic E-state index is 11.4. The molecule has 0 unspecified atom stereocenters. The maximum Gasteiger partial charge on any atom is 0.175 e. The first-order valence-corrected chi connectivity index (χ1v) is 8.22. The van der Waals surface area contributed by atoms with Crippen LogP contribution < -0.4 is 11.1 Å². The van der Waals surface area contributed by atoms with Crippen LogP contribution >= 0.6 is 0 Å². The molecule has 1 aliphatic carbocycles. The molecule has 1 fully saturated rings. The van der Waals surface area contributed by atoms with Crippen LogP contribution in [0.3, 0.4) is 0 Å². The van der Waals surface area contributed by atoms with Crippen molar-refractivity contribution in [3.8, 4) is 0 Å². The van der Waals surface area contributed by atoms with E-state index in [0.717, 1.165) is 18.5 Å². The Hall–Kier alpha value is -1.23. The molecule has 5 heteroatoms. The number of hydrogen-bond donors (Lipinski definition) is 2. The summed E-state index contributed by atoms with van der Waals surface area (Å²) in [5, 5.41) is 3.41. The fourth-order valence-corrected chi connectivity index (χ4v) is 3.03.